The average Bonchev–Trinajstić information content (AvgIpc) is 3.64. The van der Waals surface area contributed by atoms with Gasteiger partial charge in [0.1, 0.15) is 12.3 Å². The van der Waals surface area contributed by atoms with Gasteiger partial charge in [-0.15, -0.1) is 0 Å². The lowest BCUT2D eigenvalue weighted by Crippen LogP contribution is -2.44. The van der Waals surface area contributed by atoms with Crippen LogP contribution in [0, 0.1) is 0 Å². The van der Waals surface area contributed by atoms with E-state index in [9.17, 15) is 14.4 Å². The van der Waals surface area contributed by atoms with Gasteiger partial charge in [0.05, 0.1) is 24.6 Å². The molecule has 12 heteroatoms. The quantitative estimate of drug-likeness (QED) is 0.368. The predicted molar refractivity (Wildman–Crippen MR) is 151 cm³/mol. The Morgan fingerprint density at radius 2 is 1.80 bits per heavy atom. The molecule has 0 aromatic heterocycles. The summed E-state index contributed by atoms with van der Waals surface area (Å²) in [6, 6.07) is 19.2. The van der Waals surface area contributed by atoms with Crippen LogP contribution in [0.2, 0.25) is 5.02 Å². The summed E-state index contributed by atoms with van der Waals surface area (Å²) in [6.45, 7) is -0.278. The topological polar surface area (TPSA) is 107 Å². The monoisotopic (exact) mass is 620 g/mol. The summed E-state index contributed by atoms with van der Waals surface area (Å²) in [5, 5.41) is 16.1. The van der Waals surface area contributed by atoms with Gasteiger partial charge >= 0.3 is 0 Å². The molecule has 0 aliphatic carbocycles. The zero-order chi connectivity index (χ0) is 28.0. The number of halogens is 2. The number of anilines is 1. The number of methoxy groups -OCH3 is 1. The highest BCUT2D eigenvalue weighted by atomic mass is 79.9. The highest BCUT2D eigenvalue weighted by molar-refractivity contribution is 9.10. The van der Waals surface area contributed by atoms with E-state index in [-0.39, 0.29) is 12.5 Å². The van der Waals surface area contributed by atoms with E-state index in [2.05, 4.69) is 31.4 Å². The number of carbonyl (C=O) groups is 3. The van der Waals surface area contributed by atoms with Gasteiger partial charge in [0.2, 0.25) is 0 Å². The first-order valence-electron chi connectivity index (χ1n) is 12.4. The van der Waals surface area contributed by atoms with Crippen LogP contribution in [-0.4, -0.2) is 59.2 Å². The standard InChI is InChI=1S/C28H22BrClN6O4/c1-40-21-11-7-17(8-12-21)23-14-22(16-5-9-19(30)10-6-16)32-36(23)24(37)15-34-26-25(31-33-34)27(38)35(28(26)39)20-4-2-3-18(29)13-20/h2-13,23,25-26H,14-15H2,1H3/t23-,25+,26-/m0/s1. The summed E-state index contributed by atoms with van der Waals surface area (Å²) >= 11 is 9.44. The number of ether oxygens (including phenoxy) is 1. The molecule has 3 amide bonds. The first-order chi connectivity index (χ1) is 19.3. The van der Waals surface area contributed by atoms with Crippen molar-refractivity contribution in [3.05, 3.63) is 93.4 Å². The lowest BCUT2D eigenvalue weighted by molar-refractivity contribution is -0.135. The van der Waals surface area contributed by atoms with Gasteiger partial charge in [-0.05, 0) is 53.6 Å². The maximum absolute atomic E-state index is 13.7. The van der Waals surface area contributed by atoms with E-state index in [1.54, 1.807) is 43.5 Å². The number of hydrogen-bond donors (Lipinski definition) is 0. The number of amides is 3. The molecule has 0 N–H and O–H groups in total. The minimum Gasteiger partial charge on any atom is -0.497 e. The first kappa shape index (κ1) is 26.1. The third kappa shape index (κ3) is 4.65. The molecule has 0 unspecified atom stereocenters. The Morgan fingerprint density at radius 1 is 1.05 bits per heavy atom. The van der Waals surface area contributed by atoms with E-state index in [1.807, 2.05) is 36.4 Å². The Morgan fingerprint density at radius 3 is 2.50 bits per heavy atom. The number of hydrogen-bond acceptors (Lipinski definition) is 8. The largest absolute Gasteiger partial charge is 0.497 e. The van der Waals surface area contributed by atoms with Crippen molar-refractivity contribution in [1.82, 2.24) is 10.0 Å². The lowest BCUT2D eigenvalue weighted by Gasteiger charge is -2.25. The summed E-state index contributed by atoms with van der Waals surface area (Å²) in [6.07, 6.45) is 0.474. The Labute approximate surface area is 243 Å². The molecule has 0 bridgehead atoms. The number of hydrazone groups is 1. The predicted octanol–water partition coefficient (Wildman–Crippen LogP) is 4.78. The smallest absolute Gasteiger partial charge is 0.264 e. The first-order valence-corrected chi connectivity index (χ1v) is 13.6. The van der Waals surface area contributed by atoms with Crippen molar-refractivity contribution >= 4 is 56.7 Å². The zero-order valence-corrected chi connectivity index (χ0v) is 23.5. The Hall–Kier alpha value is -4.09. The molecule has 0 spiro atoms. The summed E-state index contributed by atoms with van der Waals surface area (Å²) in [5.41, 5.74) is 2.87. The van der Waals surface area contributed by atoms with Crippen LogP contribution in [0.25, 0.3) is 0 Å². The second-order valence-corrected chi connectivity index (χ2v) is 10.8. The van der Waals surface area contributed by atoms with Gasteiger partial charge in [0, 0.05) is 15.9 Å². The second kappa shape index (κ2) is 10.5. The molecular formula is C28H22BrClN6O4. The van der Waals surface area contributed by atoms with Crippen molar-refractivity contribution in [2.75, 3.05) is 18.6 Å². The molecule has 10 nitrogen and oxygen atoms in total. The maximum Gasteiger partial charge on any atom is 0.264 e. The van der Waals surface area contributed by atoms with E-state index in [4.69, 9.17) is 16.3 Å². The SMILES string of the molecule is COc1ccc([C@@H]2CC(c3ccc(Cl)cc3)=NN2C(=O)CN2N=N[C@H]3C(=O)N(c4cccc(Br)c4)C(=O)[C@H]32)cc1. The van der Waals surface area contributed by atoms with Gasteiger partial charge in [-0.1, -0.05) is 63.1 Å². The van der Waals surface area contributed by atoms with Crippen LogP contribution in [0.5, 0.6) is 5.75 Å². The number of benzene rings is 3. The van der Waals surface area contributed by atoms with Crippen molar-refractivity contribution in [2.24, 2.45) is 15.4 Å². The van der Waals surface area contributed by atoms with Crippen LogP contribution in [0.4, 0.5) is 5.69 Å². The van der Waals surface area contributed by atoms with Gasteiger partial charge in [0.25, 0.3) is 17.7 Å². The number of carbonyl (C=O) groups excluding carboxylic acids is 3. The Kier molecular flexibility index (Phi) is 6.85. The van der Waals surface area contributed by atoms with E-state index in [0.717, 1.165) is 26.2 Å². The van der Waals surface area contributed by atoms with Crippen LogP contribution < -0.4 is 9.64 Å². The molecule has 3 atom stereocenters. The van der Waals surface area contributed by atoms with Crippen molar-refractivity contribution in [3.63, 3.8) is 0 Å². The summed E-state index contributed by atoms with van der Waals surface area (Å²) < 4.78 is 6.01. The molecule has 3 aliphatic heterocycles. The Bertz CT molecular complexity index is 1560. The molecule has 0 radical (unpaired) electrons. The molecule has 202 valence electrons. The highest BCUT2D eigenvalue weighted by Gasteiger charge is 2.55. The third-order valence-corrected chi connectivity index (χ3v) is 7.81. The van der Waals surface area contributed by atoms with Crippen LogP contribution >= 0.6 is 27.5 Å². The minimum absolute atomic E-state index is 0.278. The lowest BCUT2D eigenvalue weighted by atomic mass is 9.98. The molecule has 3 aliphatic rings. The van der Waals surface area contributed by atoms with Crippen LogP contribution in [0.3, 0.4) is 0 Å². The zero-order valence-electron chi connectivity index (χ0n) is 21.1. The second-order valence-electron chi connectivity index (χ2n) is 9.47. The average molecular weight is 622 g/mol. The third-order valence-electron chi connectivity index (χ3n) is 7.07. The van der Waals surface area contributed by atoms with Crippen LogP contribution in [-0.2, 0) is 14.4 Å². The summed E-state index contributed by atoms with van der Waals surface area (Å²) in [5.74, 6) is -0.650. The van der Waals surface area contributed by atoms with Gasteiger partial charge < -0.3 is 4.74 Å². The van der Waals surface area contributed by atoms with E-state index in [1.165, 1.54) is 10.0 Å². The van der Waals surface area contributed by atoms with Gasteiger partial charge in [-0.2, -0.15) is 10.2 Å². The number of nitrogens with zero attached hydrogens (tertiary/aromatic N) is 6. The van der Waals surface area contributed by atoms with Crippen molar-refractivity contribution in [2.45, 2.75) is 24.5 Å². The molecule has 3 aromatic rings. The molecule has 1 fully saturated rings. The number of imide groups is 1. The minimum atomic E-state index is -1.01. The van der Waals surface area contributed by atoms with E-state index >= 15 is 0 Å². The molecule has 0 saturated carbocycles. The summed E-state index contributed by atoms with van der Waals surface area (Å²) in [4.78, 5) is 41.3. The fourth-order valence-electron chi connectivity index (χ4n) is 5.08. The number of fused-ring (bicyclic) bond motifs is 1. The van der Waals surface area contributed by atoms with Gasteiger partial charge in [-0.3, -0.25) is 19.4 Å². The molecule has 40 heavy (non-hydrogen) atoms. The van der Waals surface area contributed by atoms with E-state index in [0.29, 0.717) is 22.9 Å². The number of rotatable bonds is 6. The van der Waals surface area contributed by atoms with Crippen molar-refractivity contribution in [1.29, 1.82) is 0 Å². The molecule has 1 saturated heterocycles. The van der Waals surface area contributed by atoms with Gasteiger partial charge in [-0.25, -0.2) is 9.91 Å². The molecule has 3 aromatic carbocycles. The summed E-state index contributed by atoms with van der Waals surface area (Å²) in [7, 11) is 1.59. The van der Waals surface area contributed by atoms with Crippen molar-refractivity contribution in [3.8, 4) is 5.75 Å². The normalized spacial score (nSPS) is 21.7. The van der Waals surface area contributed by atoms with Crippen molar-refractivity contribution < 1.29 is 19.1 Å². The Balaban J connectivity index is 1.26. The molecular weight excluding hydrogens is 600 g/mol. The molecule has 3 heterocycles. The molecule has 6 rings (SSSR count). The fourth-order valence-corrected chi connectivity index (χ4v) is 5.59. The van der Waals surface area contributed by atoms with Crippen LogP contribution in [0.15, 0.2) is 92.7 Å². The van der Waals surface area contributed by atoms with Crippen LogP contribution in [0.1, 0.15) is 23.6 Å². The maximum atomic E-state index is 13.7. The van der Waals surface area contributed by atoms with E-state index < -0.39 is 29.9 Å². The fraction of sp³-hybridized carbons (Fsp3) is 0.214. The van der Waals surface area contributed by atoms with Gasteiger partial charge in [0.15, 0.2) is 12.1 Å². The highest BCUT2D eigenvalue weighted by Crippen LogP contribution is 2.36.